The van der Waals surface area contributed by atoms with E-state index in [0.717, 1.165) is 22.5 Å². The fourth-order valence-electron chi connectivity index (χ4n) is 1.63. The third-order valence-corrected chi connectivity index (χ3v) is 2.52. The van der Waals surface area contributed by atoms with Gasteiger partial charge in [0.2, 0.25) is 0 Å². The predicted octanol–water partition coefficient (Wildman–Crippen LogP) is 3.06. The number of terminal acetylenes is 1. The van der Waals surface area contributed by atoms with Crippen LogP contribution in [0.5, 0.6) is 0 Å². The molecule has 0 aliphatic carbocycles. The SMILES string of the molecule is C#C/C=C\C=C(/C)c1cn[nH]c1-c1ccccn1. The van der Waals surface area contributed by atoms with Gasteiger partial charge in [0.25, 0.3) is 0 Å². The van der Waals surface area contributed by atoms with Crippen molar-refractivity contribution in [3.05, 3.63) is 54.4 Å². The number of allylic oxidation sites excluding steroid dienone is 4. The Hall–Kier alpha value is -2.60. The maximum atomic E-state index is 5.16. The molecule has 0 amide bonds. The number of rotatable bonds is 3. The van der Waals surface area contributed by atoms with Crippen LogP contribution in [-0.4, -0.2) is 15.2 Å². The number of hydrogen-bond donors (Lipinski definition) is 1. The first-order valence-corrected chi connectivity index (χ1v) is 5.57. The quantitative estimate of drug-likeness (QED) is 0.656. The van der Waals surface area contributed by atoms with E-state index in [1.165, 1.54) is 0 Å². The molecule has 18 heavy (non-hydrogen) atoms. The van der Waals surface area contributed by atoms with Crippen LogP contribution in [-0.2, 0) is 0 Å². The van der Waals surface area contributed by atoms with E-state index in [-0.39, 0.29) is 0 Å². The molecule has 0 aromatic carbocycles. The van der Waals surface area contributed by atoms with Crippen LogP contribution < -0.4 is 0 Å². The number of nitrogens with zero attached hydrogens (tertiary/aromatic N) is 2. The molecule has 0 saturated carbocycles. The highest BCUT2D eigenvalue weighted by molar-refractivity contribution is 5.76. The van der Waals surface area contributed by atoms with Crippen molar-refractivity contribution in [3.8, 4) is 23.7 Å². The molecule has 0 fully saturated rings. The van der Waals surface area contributed by atoms with Crippen molar-refractivity contribution >= 4 is 5.57 Å². The first kappa shape index (κ1) is 11.9. The van der Waals surface area contributed by atoms with Gasteiger partial charge in [-0.2, -0.15) is 5.10 Å². The molecule has 0 atom stereocenters. The van der Waals surface area contributed by atoms with Gasteiger partial charge in [-0.05, 0) is 30.7 Å². The summed E-state index contributed by atoms with van der Waals surface area (Å²) < 4.78 is 0. The van der Waals surface area contributed by atoms with Gasteiger partial charge in [0, 0.05) is 11.8 Å². The summed E-state index contributed by atoms with van der Waals surface area (Å²) >= 11 is 0. The minimum Gasteiger partial charge on any atom is -0.276 e. The smallest absolute Gasteiger partial charge is 0.0909 e. The number of aromatic nitrogens is 3. The van der Waals surface area contributed by atoms with Gasteiger partial charge in [-0.1, -0.05) is 24.1 Å². The summed E-state index contributed by atoms with van der Waals surface area (Å²) in [6.45, 7) is 2.01. The van der Waals surface area contributed by atoms with E-state index in [4.69, 9.17) is 6.42 Å². The van der Waals surface area contributed by atoms with E-state index in [9.17, 15) is 0 Å². The van der Waals surface area contributed by atoms with Crippen LogP contribution in [0.4, 0.5) is 0 Å². The second-order valence-electron chi connectivity index (χ2n) is 3.75. The Bertz CT molecular complexity index is 613. The zero-order valence-electron chi connectivity index (χ0n) is 10.1. The van der Waals surface area contributed by atoms with Crippen molar-refractivity contribution in [2.75, 3.05) is 0 Å². The highest BCUT2D eigenvalue weighted by Crippen LogP contribution is 2.24. The molecule has 2 heterocycles. The predicted molar refractivity (Wildman–Crippen MR) is 73.4 cm³/mol. The van der Waals surface area contributed by atoms with Crippen LogP contribution in [0.2, 0.25) is 0 Å². The van der Waals surface area contributed by atoms with E-state index in [0.29, 0.717) is 0 Å². The van der Waals surface area contributed by atoms with Crippen LogP contribution in [0.25, 0.3) is 17.0 Å². The normalized spacial score (nSPS) is 11.7. The minimum atomic E-state index is 0.874. The summed E-state index contributed by atoms with van der Waals surface area (Å²) in [5.41, 5.74) is 3.89. The van der Waals surface area contributed by atoms with Gasteiger partial charge in [0.05, 0.1) is 17.6 Å². The Labute approximate surface area is 106 Å². The fourth-order valence-corrected chi connectivity index (χ4v) is 1.63. The van der Waals surface area contributed by atoms with Crippen molar-refractivity contribution in [1.82, 2.24) is 15.2 Å². The third kappa shape index (κ3) is 2.55. The second kappa shape index (κ2) is 5.65. The van der Waals surface area contributed by atoms with Gasteiger partial charge in [0.15, 0.2) is 0 Å². The summed E-state index contributed by atoms with van der Waals surface area (Å²) in [5.74, 6) is 2.45. The minimum absolute atomic E-state index is 0.874. The topological polar surface area (TPSA) is 41.6 Å². The first-order chi connectivity index (χ1) is 8.83. The number of nitrogens with one attached hydrogen (secondary N) is 1. The van der Waals surface area contributed by atoms with Crippen molar-refractivity contribution in [3.63, 3.8) is 0 Å². The molecule has 0 unspecified atom stereocenters. The lowest BCUT2D eigenvalue weighted by Crippen LogP contribution is -1.86. The zero-order chi connectivity index (χ0) is 12.8. The Morgan fingerprint density at radius 3 is 3.06 bits per heavy atom. The lowest BCUT2D eigenvalue weighted by molar-refractivity contribution is 1.09. The standard InChI is InChI=1S/C15H13N3/c1-3-4-5-8-12(2)13-11-17-18-15(13)14-9-6-7-10-16-14/h1,4-11H,2H3,(H,17,18)/b5-4-,12-8+. The Morgan fingerprint density at radius 2 is 2.33 bits per heavy atom. The van der Waals surface area contributed by atoms with E-state index in [1.54, 1.807) is 18.5 Å². The van der Waals surface area contributed by atoms with Crippen molar-refractivity contribution in [2.45, 2.75) is 6.92 Å². The van der Waals surface area contributed by atoms with Gasteiger partial charge in [-0.25, -0.2) is 0 Å². The largest absolute Gasteiger partial charge is 0.276 e. The Kier molecular flexibility index (Phi) is 3.72. The van der Waals surface area contributed by atoms with Crippen molar-refractivity contribution in [1.29, 1.82) is 0 Å². The molecule has 2 rings (SSSR count). The summed E-state index contributed by atoms with van der Waals surface area (Å²) in [4.78, 5) is 4.31. The molecule has 0 aliphatic rings. The van der Waals surface area contributed by atoms with Gasteiger partial charge in [-0.15, -0.1) is 6.42 Å². The van der Waals surface area contributed by atoms with Crippen LogP contribution in [0.3, 0.4) is 0 Å². The molecule has 0 saturated heterocycles. The average Bonchev–Trinajstić information content (AvgIpc) is 2.89. The third-order valence-electron chi connectivity index (χ3n) is 2.52. The Morgan fingerprint density at radius 1 is 1.44 bits per heavy atom. The van der Waals surface area contributed by atoms with Gasteiger partial charge in [0.1, 0.15) is 0 Å². The molecule has 0 aliphatic heterocycles. The first-order valence-electron chi connectivity index (χ1n) is 5.57. The number of hydrogen-bond acceptors (Lipinski definition) is 2. The molecular formula is C15H13N3. The highest BCUT2D eigenvalue weighted by atomic mass is 15.1. The summed E-state index contributed by atoms with van der Waals surface area (Å²) in [6, 6.07) is 5.78. The lowest BCUT2D eigenvalue weighted by atomic mass is 10.1. The van der Waals surface area contributed by atoms with E-state index in [1.807, 2.05) is 37.3 Å². The summed E-state index contributed by atoms with van der Waals surface area (Å²) in [6.07, 6.45) is 14.2. The second-order valence-corrected chi connectivity index (χ2v) is 3.75. The maximum absolute atomic E-state index is 5.16. The molecule has 88 valence electrons. The van der Waals surface area contributed by atoms with Crippen LogP contribution in [0, 0.1) is 12.3 Å². The van der Waals surface area contributed by atoms with Gasteiger partial charge in [-0.3, -0.25) is 10.1 Å². The monoisotopic (exact) mass is 235 g/mol. The maximum Gasteiger partial charge on any atom is 0.0909 e. The molecule has 2 aromatic heterocycles. The highest BCUT2D eigenvalue weighted by Gasteiger charge is 2.09. The molecule has 1 N–H and O–H groups in total. The van der Waals surface area contributed by atoms with E-state index >= 15 is 0 Å². The number of pyridine rings is 1. The van der Waals surface area contributed by atoms with Crippen LogP contribution in [0.15, 0.2) is 48.8 Å². The molecule has 0 spiro atoms. The number of aromatic amines is 1. The average molecular weight is 235 g/mol. The van der Waals surface area contributed by atoms with Crippen LogP contribution in [0.1, 0.15) is 12.5 Å². The van der Waals surface area contributed by atoms with Gasteiger partial charge < -0.3 is 0 Å². The fraction of sp³-hybridized carbons (Fsp3) is 0.0667. The van der Waals surface area contributed by atoms with E-state index in [2.05, 4.69) is 21.1 Å². The van der Waals surface area contributed by atoms with Gasteiger partial charge >= 0.3 is 0 Å². The van der Waals surface area contributed by atoms with E-state index < -0.39 is 0 Å². The summed E-state index contributed by atoms with van der Waals surface area (Å²) in [5, 5.41) is 7.05. The Balaban J connectivity index is 2.38. The van der Waals surface area contributed by atoms with Crippen molar-refractivity contribution < 1.29 is 0 Å². The number of H-pyrrole nitrogens is 1. The molecule has 3 heteroatoms. The summed E-state index contributed by atoms with van der Waals surface area (Å²) in [7, 11) is 0. The zero-order valence-corrected chi connectivity index (χ0v) is 10.1. The molecule has 0 bridgehead atoms. The van der Waals surface area contributed by atoms with Crippen molar-refractivity contribution in [2.24, 2.45) is 0 Å². The molecular weight excluding hydrogens is 222 g/mol. The molecule has 2 aromatic rings. The molecule has 3 nitrogen and oxygen atoms in total. The van der Waals surface area contributed by atoms with Crippen LogP contribution >= 0.6 is 0 Å². The lowest BCUT2D eigenvalue weighted by Gasteiger charge is -2.01. The molecule has 0 radical (unpaired) electrons.